The van der Waals surface area contributed by atoms with Crippen molar-refractivity contribution in [3.8, 4) is 17.2 Å². The zero-order valence-electron chi connectivity index (χ0n) is 21.6. The number of hydrogen-bond donors (Lipinski definition) is 0. The van der Waals surface area contributed by atoms with Gasteiger partial charge in [0.1, 0.15) is 17.3 Å². The van der Waals surface area contributed by atoms with Crippen LogP contribution in [-0.4, -0.2) is 54.3 Å². The average molecular weight is 536 g/mol. The molecule has 0 aliphatic rings. The third kappa shape index (κ3) is 6.15. The summed E-state index contributed by atoms with van der Waals surface area (Å²) >= 11 is 5.96. The average Bonchev–Trinajstić information content (AvgIpc) is 2.94. The first-order chi connectivity index (χ1) is 18.4. The summed E-state index contributed by atoms with van der Waals surface area (Å²) in [6.45, 7) is 2.55. The fraction of sp³-hybridized carbons (Fsp3) is 0.276. The minimum Gasteiger partial charge on any atom is -0.497 e. The second-order valence-electron chi connectivity index (χ2n) is 8.68. The van der Waals surface area contributed by atoms with Gasteiger partial charge in [-0.3, -0.25) is 14.2 Å². The number of para-hydroxylation sites is 1. The van der Waals surface area contributed by atoms with Crippen LogP contribution in [0.25, 0.3) is 16.6 Å². The number of methoxy groups -OCH3 is 2. The highest BCUT2D eigenvalue weighted by Gasteiger charge is 2.27. The summed E-state index contributed by atoms with van der Waals surface area (Å²) in [5.74, 6) is 1.40. The molecule has 0 fully saturated rings. The third-order valence-corrected chi connectivity index (χ3v) is 6.47. The van der Waals surface area contributed by atoms with Gasteiger partial charge >= 0.3 is 0 Å². The largest absolute Gasteiger partial charge is 0.497 e. The van der Waals surface area contributed by atoms with E-state index in [2.05, 4.69) is 0 Å². The maximum Gasteiger partial charge on any atom is 0.266 e. The molecule has 4 aromatic rings. The normalized spacial score (nSPS) is 11.8. The number of benzene rings is 3. The van der Waals surface area contributed by atoms with E-state index in [0.29, 0.717) is 58.5 Å². The molecule has 0 N–H and O–H groups in total. The van der Waals surface area contributed by atoms with Crippen LogP contribution in [0.3, 0.4) is 0 Å². The molecule has 9 heteroatoms. The van der Waals surface area contributed by atoms with Crippen LogP contribution < -0.4 is 15.0 Å². The van der Waals surface area contributed by atoms with Crippen molar-refractivity contribution in [1.29, 1.82) is 0 Å². The van der Waals surface area contributed by atoms with Crippen molar-refractivity contribution in [2.45, 2.75) is 19.4 Å². The van der Waals surface area contributed by atoms with Gasteiger partial charge in [-0.2, -0.15) is 0 Å². The lowest BCUT2D eigenvalue weighted by Crippen LogP contribution is -2.40. The number of amides is 1. The van der Waals surface area contributed by atoms with Crippen molar-refractivity contribution in [2.24, 2.45) is 0 Å². The van der Waals surface area contributed by atoms with E-state index in [1.54, 1.807) is 84.4 Å². The fourth-order valence-electron chi connectivity index (χ4n) is 4.22. The molecule has 1 heterocycles. The minimum absolute atomic E-state index is 0.181. The minimum atomic E-state index is -0.549. The first-order valence-corrected chi connectivity index (χ1v) is 12.6. The van der Waals surface area contributed by atoms with Crippen molar-refractivity contribution in [1.82, 2.24) is 14.5 Å². The highest BCUT2D eigenvalue weighted by atomic mass is 35.5. The van der Waals surface area contributed by atoms with Crippen LogP contribution in [0.15, 0.2) is 77.6 Å². The molecule has 38 heavy (non-hydrogen) atoms. The van der Waals surface area contributed by atoms with E-state index in [1.807, 2.05) is 19.1 Å². The van der Waals surface area contributed by atoms with Gasteiger partial charge in [0, 0.05) is 25.3 Å². The molecule has 8 nitrogen and oxygen atoms in total. The fourth-order valence-corrected chi connectivity index (χ4v) is 4.35. The predicted molar refractivity (Wildman–Crippen MR) is 147 cm³/mol. The lowest BCUT2D eigenvalue weighted by Gasteiger charge is -2.30. The van der Waals surface area contributed by atoms with Gasteiger partial charge in [-0.25, -0.2) is 4.98 Å². The Morgan fingerprint density at radius 3 is 2.37 bits per heavy atom. The molecule has 3 aromatic carbocycles. The van der Waals surface area contributed by atoms with E-state index in [9.17, 15) is 9.59 Å². The molecule has 1 atom stereocenters. The van der Waals surface area contributed by atoms with Gasteiger partial charge in [-0.1, -0.05) is 23.7 Å². The molecule has 1 aromatic heterocycles. The molecular formula is C29H30ClN3O5. The topological polar surface area (TPSA) is 82.9 Å². The summed E-state index contributed by atoms with van der Waals surface area (Å²) in [5, 5.41) is 1.07. The van der Waals surface area contributed by atoms with Crippen LogP contribution in [0, 0.1) is 0 Å². The number of carbonyl (C=O) groups is 1. The number of carbonyl (C=O) groups excluding carboxylic acids is 1. The van der Waals surface area contributed by atoms with E-state index in [-0.39, 0.29) is 18.1 Å². The lowest BCUT2D eigenvalue weighted by atomic mass is 10.1. The molecule has 0 saturated heterocycles. The number of halogens is 1. The molecule has 4 rings (SSSR count). The molecule has 0 radical (unpaired) electrons. The molecule has 0 saturated carbocycles. The molecule has 0 spiro atoms. The summed E-state index contributed by atoms with van der Waals surface area (Å²) in [6.07, 6.45) is 0.605. The van der Waals surface area contributed by atoms with E-state index in [4.69, 9.17) is 30.8 Å². The van der Waals surface area contributed by atoms with Gasteiger partial charge in [-0.05, 0) is 74.0 Å². The second kappa shape index (κ2) is 12.6. The number of nitrogens with zero attached hydrogens (tertiary/aromatic N) is 3. The van der Waals surface area contributed by atoms with Gasteiger partial charge in [-0.15, -0.1) is 0 Å². The van der Waals surface area contributed by atoms with Crippen molar-refractivity contribution in [2.75, 3.05) is 34.0 Å². The smallest absolute Gasteiger partial charge is 0.266 e. The Labute approximate surface area is 226 Å². The summed E-state index contributed by atoms with van der Waals surface area (Å²) in [4.78, 5) is 33.7. The maximum absolute atomic E-state index is 13.7. The van der Waals surface area contributed by atoms with Crippen LogP contribution in [0.4, 0.5) is 0 Å². The van der Waals surface area contributed by atoms with Crippen molar-refractivity contribution < 1.29 is 19.0 Å². The Balaban J connectivity index is 1.74. The molecule has 1 amide bonds. The maximum atomic E-state index is 13.7. The van der Waals surface area contributed by atoms with Gasteiger partial charge in [0.05, 0.1) is 29.7 Å². The Kier molecular flexibility index (Phi) is 8.99. The Bertz CT molecular complexity index is 1440. The van der Waals surface area contributed by atoms with E-state index < -0.39 is 6.04 Å². The first kappa shape index (κ1) is 27.2. The van der Waals surface area contributed by atoms with Crippen LogP contribution in [0.1, 0.15) is 25.2 Å². The number of rotatable bonds is 11. The Morgan fingerprint density at radius 2 is 1.68 bits per heavy atom. The van der Waals surface area contributed by atoms with Crippen molar-refractivity contribution >= 4 is 28.4 Å². The monoisotopic (exact) mass is 535 g/mol. The van der Waals surface area contributed by atoms with E-state index in [1.165, 1.54) is 0 Å². The highest BCUT2D eigenvalue weighted by molar-refractivity contribution is 6.30. The SMILES string of the molecule is COCCCN(C(=O)COc1ccc(Cl)cc1)C(C)c1nc2ccccc2c(=O)n1-c1ccc(OC)cc1. The van der Waals surface area contributed by atoms with Crippen LogP contribution in [0.2, 0.25) is 5.02 Å². The van der Waals surface area contributed by atoms with Crippen LogP contribution in [-0.2, 0) is 9.53 Å². The lowest BCUT2D eigenvalue weighted by molar-refractivity contribution is -0.136. The summed E-state index contributed by atoms with van der Waals surface area (Å²) in [7, 11) is 3.20. The number of aromatic nitrogens is 2. The summed E-state index contributed by atoms with van der Waals surface area (Å²) < 4.78 is 17.8. The third-order valence-electron chi connectivity index (χ3n) is 6.22. The van der Waals surface area contributed by atoms with Gasteiger partial charge in [0.25, 0.3) is 11.5 Å². The summed E-state index contributed by atoms with van der Waals surface area (Å²) in [6, 6.07) is 20.6. The molecule has 198 valence electrons. The summed E-state index contributed by atoms with van der Waals surface area (Å²) in [5.41, 5.74) is 0.966. The predicted octanol–water partition coefficient (Wildman–Crippen LogP) is 5.05. The van der Waals surface area contributed by atoms with Crippen LogP contribution >= 0.6 is 11.6 Å². The zero-order chi connectivity index (χ0) is 27.1. The number of ether oxygens (including phenoxy) is 3. The second-order valence-corrected chi connectivity index (χ2v) is 9.11. The van der Waals surface area contributed by atoms with E-state index in [0.717, 1.165) is 0 Å². The quantitative estimate of drug-likeness (QED) is 0.250. The number of fused-ring (bicyclic) bond motifs is 1. The molecular weight excluding hydrogens is 506 g/mol. The molecule has 0 aliphatic heterocycles. The van der Waals surface area contributed by atoms with Crippen LogP contribution in [0.5, 0.6) is 11.5 Å². The van der Waals surface area contributed by atoms with E-state index >= 15 is 0 Å². The molecule has 0 aliphatic carbocycles. The zero-order valence-corrected chi connectivity index (χ0v) is 22.4. The van der Waals surface area contributed by atoms with Crippen molar-refractivity contribution in [3.63, 3.8) is 0 Å². The Morgan fingerprint density at radius 1 is 1.00 bits per heavy atom. The first-order valence-electron chi connectivity index (χ1n) is 12.3. The van der Waals surface area contributed by atoms with Gasteiger partial charge < -0.3 is 19.1 Å². The van der Waals surface area contributed by atoms with Gasteiger partial charge in [0.2, 0.25) is 0 Å². The standard InChI is InChI=1S/C29H30ClN3O5/c1-20(32(17-6-18-36-2)27(34)19-38-24-13-9-21(30)10-14-24)28-31-26-8-5-4-7-25(26)29(35)33(28)22-11-15-23(37-3)16-12-22/h4-5,7-16,20H,6,17-19H2,1-3H3. The number of hydrogen-bond acceptors (Lipinski definition) is 6. The van der Waals surface area contributed by atoms with Crippen molar-refractivity contribution in [3.05, 3.63) is 94.0 Å². The molecule has 1 unspecified atom stereocenters. The molecule has 0 bridgehead atoms. The van der Waals surface area contributed by atoms with Gasteiger partial charge in [0.15, 0.2) is 6.61 Å². The highest BCUT2D eigenvalue weighted by Crippen LogP contribution is 2.25. The Hall–Kier alpha value is -3.88.